The highest BCUT2D eigenvalue weighted by atomic mass is 19.4. The zero-order valence-electron chi connectivity index (χ0n) is 23.8. The first-order valence-corrected chi connectivity index (χ1v) is 14.0. The number of nitrogens with zero attached hydrogens (tertiary/aromatic N) is 3. The quantitative estimate of drug-likeness (QED) is 0.470. The minimum absolute atomic E-state index is 0.0248. The van der Waals surface area contributed by atoms with Gasteiger partial charge in [-0.15, -0.1) is 0 Å². The Morgan fingerprint density at radius 2 is 1.41 bits per heavy atom. The zero-order valence-corrected chi connectivity index (χ0v) is 23.8. The van der Waals surface area contributed by atoms with Crippen molar-refractivity contribution in [1.29, 1.82) is 0 Å². The highest BCUT2D eigenvalue weighted by Gasteiger charge is 2.41. The summed E-state index contributed by atoms with van der Waals surface area (Å²) in [6, 6.07) is 6.56. The van der Waals surface area contributed by atoms with Crippen LogP contribution in [0.5, 0.6) is 0 Å². The third kappa shape index (κ3) is 7.69. The molecular formula is C30H32F7N3O4. The summed E-state index contributed by atoms with van der Waals surface area (Å²) < 4.78 is 93.9. The van der Waals surface area contributed by atoms with E-state index < -0.39 is 66.1 Å². The molecule has 0 spiro atoms. The van der Waals surface area contributed by atoms with Crippen LogP contribution >= 0.6 is 0 Å². The van der Waals surface area contributed by atoms with E-state index in [0.717, 1.165) is 4.90 Å². The summed E-state index contributed by atoms with van der Waals surface area (Å²) in [5.41, 5.74) is -2.76. The number of hydrogen-bond acceptors (Lipinski definition) is 4. The van der Waals surface area contributed by atoms with Gasteiger partial charge in [0, 0.05) is 57.5 Å². The van der Waals surface area contributed by atoms with E-state index in [2.05, 4.69) is 0 Å². The first-order chi connectivity index (χ1) is 20.6. The molecule has 2 aromatic rings. The monoisotopic (exact) mass is 631 g/mol. The number of aliphatic hydroxyl groups excluding tert-OH is 1. The molecule has 2 atom stereocenters. The van der Waals surface area contributed by atoms with Crippen molar-refractivity contribution in [2.45, 2.75) is 44.1 Å². The number of carbonyl (C=O) groups excluding carboxylic acids is 3. The lowest BCUT2D eigenvalue weighted by Gasteiger charge is -2.41. The molecule has 2 fully saturated rings. The van der Waals surface area contributed by atoms with Gasteiger partial charge in [-0.1, -0.05) is 12.1 Å². The predicted octanol–water partition coefficient (Wildman–Crippen LogP) is 4.68. The van der Waals surface area contributed by atoms with Gasteiger partial charge in [0.25, 0.3) is 0 Å². The van der Waals surface area contributed by atoms with Crippen molar-refractivity contribution in [2.24, 2.45) is 11.8 Å². The molecule has 0 saturated carbocycles. The number of amides is 3. The second-order valence-corrected chi connectivity index (χ2v) is 11.3. The van der Waals surface area contributed by atoms with Gasteiger partial charge in [0.15, 0.2) is 0 Å². The van der Waals surface area contributed by atoms with E-state index in [1.807, 2.05) is 0 Å². The van der Waals surface area contributed by atoms with Crippen LogP contribution in [-0.2, 0) is 33.3 Å². The van der Waals surface area contributed by atoms with Crippen LogP contribution in [0.1, 0.15) is 47.4 Å². The summed E-state index contributed by atoms with van der Waals surface area (Å²) >= 11 is 0. The van der Waals surface area contributed by atoms with Gasteiger partial charge < -0.3 is 19.8 Å². The molecule has 2 unspecified atom stereocenters. The van der Waals surface area contributed by atoms with Gasteiger partial charge in [-0.3, -0.25) is 14.4 Å². The number of rotatable bonds is 6. The van der Waals surface area contributed by atoms with Crippen molar-refractivity contribution < 1.29 is 50.2 Å². The summed E-state index contributed by atoms with van der Waals surface area (Å²) in [7, 11) is 1.29. The van der Waals surface area contributed by atoms with Gasteiger partial charge in [-0.25, -0.2) is 4.39 Å². The highest BCUT2D eigenvalue weighted by molar-refractivity contribution is 5.83. The van der Waals surface area contributed by atoms with E-state index in [1.165, 1.54) is 36.2 Å². The van der Waals surface area contributed by atoms with Crippen molar-refractivity contribution in [2.75, 3.05) is 39.8 Å². The highest BCUT2D eigenvalue weighted by Crippen LogP contribution is 2.38. The standard InChI is InChI=1S/C30H32F7N3O4/c1-38(15-18-12-21(29(32,33)34)14-22(13-18)30(35,36)37)28(44)24-8-11-40(16-25(24)19-2-4-23(31)5-3-19)27(43)20-6-9-39(10-7-20)26(42)17-41/h2-5,12-14,20,24-25,41H,6-11,15-17H2,1H3. The Kier molecular flexibility index (Phi) is 9.91. The molecule has 2 saturated heterocycles. The molecule has 2 aromatic carbocycles. The molecule has 1 N–H and O–H groups in total. The molecular weight excluding hydrogens is 599 g/mol. The topological polar surface area (TPSA) is 81.2 Å². The molecule has 0 aliphatic carbocycles. The third-order valence-corrected chi connectivity index (χ3v) is 8.32. The Hall–Kier alpha value is -3.68. The molecule has 7 nitrogen and oxygen atoms in total. The van der Waals surface area contributed by atoms with Gasteiger partial charge in [0.05, 0.1) is 11.1 Å². The van der Waals surface area contributed by atoms with Crippen LogP contribution in [0.2, 0.25) is 0 Å². The number of likely N-dealkylation sites (tertiary alicyclic amines) is 2. The molecule has 0 aromatic heterocycles. The molecule has 14 heteroatoms. The lowest BCUT2D eigenvalue weighted by atomic mass is 9.79. The van der Waals surface area contributed by atoms with Crippen molar-refractivity contribution in [1.82, 2.24) is 14.7 Å². The normalized spacial score (nSPS) is 20.0. The Morgan fingerprint density at radius 3 is 1.93 bits per heavy atom. The number of carbonyl (C=O) groups is 3. The molecule has 0 bridgehead atoms. The fraction of sp³-hybridized carbons (Fsp3) is 0.500. The van der Waals surface area contributed by atoms with Gasteiger partial charge in [0.2, 0.25) is 17.7 Å². The molecule has 4 rings (SSSR count). The maximum absolute atomic E-state index is 13.7. The van der Waals surface area contributed by atoms with E-state index in [1.54, 1.807) is 4.90 Å². The summed E-state index contributed by atoms with van der Waals surface area (Å²) in [4.78, 5) is 43.0. The Bertz CT molecular complexity index is 1320. The molecule has 2 aliphatic rings. The van der Waals surface area contributed by atoms with Crippen molar-refractivity contribution in [3.8, 4) is 0 Å². The SMILES string of the molecule is CN(Cc1cc(C(F)(F)F)cc(C(F)(F)F)c1)C(=O)C1CCN(C(=O)C2CCN(C(=O)CO)CC2)CC1c1ccc(F)cc1. The second kappa shape index (κ2) is 13.1. The van der Waals surface area contributed by atoms with Crippen molar-refractivity contribution >= 4 is 17.7 Å². The van der Waals surface area contributed by atoms with Gasteiger partial charge >= 0.3 is 12.4 Å². The lowest BCUT2D eigenvalue weighted by Crippen LogP contribution is -2.51. The van der Waals surface area contributed by atoms with E-state index in [-0.39, 0.29) is 43.0 Å². The summed E-state index contributed by atoms with van der Waals surface area (Å²) in [6.45, 7) is -0.257. The number of piperidine rings is 2. The average molecular weight is 632 g/mol. The molecule has 44 heavy (non-hydrogen) atoms. The van der Waals surface area contributed by atoms with E-state index >= 15 is 0 Å². The van der Waals surface area contributed by atoms with Crippen LogP contribution in [0.3, 0.4) is 0 Å². The number of benzene rings is 2. The summed E-state index contributed by atoms with van der Waals surface area (Å²) in [5, 5.41) is 9.09. The Labute approximate surface area is 249 Å². The Balaban J connectivity index is 1.53. The fourth-order valence-corrected chi connectivity index (χ4v) is 5.98. The first-order valence-electron chi connectivity index (χ1n) is 14.0. The number of alkyl halides is 6. The average Bonchev–Trinajstić information content (AvgIpc) is 2.99. The van der Waals surface area contributed by atoms with Gasteiger partial charge in [-0.2, -0.15) is 26.3 Å². The van der Waals surface area contributed by atoms with Gasteiger partial charge in [-0.05, 0) is 60.7 Å². The molecule has 240 valence electrons. The maximum atomic E-state index is 13.7. The summed E-state index contributed by atoms with van der Waals surface area (Å²) in [6.07, 6.45) is -9.11. The van der Waals surface area contributed by atoms with Gasteiger partial charge in [0.1, 0.15) is 12.4 Å². The second-order valence-electron chi connectivity index (χ2n) is 11.3. The molecule has 3 amide bonds. The molecule has 0 radical (unpaired) electrons. The lowest BCUT2D eigenvalue weighted by molar-refractivity contribution is -0.145. The van der Waals surface area contributed by atoms with E-state index in [4.69, 9.17) is 5.11 Å². The zero-order chi connectivity index (χ0) is 32.4. The Morgan fingerprint density at radius 1 is 0.864 bits per heavy atom. The van der Waals surface area contributed by atoms with Crippen LogP contribution < -0.4 is 0 Å². The van der Waals surface area contributed by atoms with Crippen molar-refractivity contribution in [3.05, 3.63) is 70.5 Å². The van der Waals surface area contributed by atoms with E-state index in [0.29, 0.717) is 43.6 Å². The van der Waals surface area contributed by atoms with Crippen LogP contribution in [0.15, 0.2) is 42.5 Å². The number of aliphatic hydroxyl groups is 1. The number of hydrogen-bond donors (Lipinski definition) is 1. The van der Waals surface area contributed by atoms with Crippen molar-refractivity contribution in [3.63, 3.8) is 0 Å². The van der Waals surface area contributed by atoms with Crippen LogP contribution in [-0.4, -0.2) is 77.4 Å². The minimum atomic E-state index is -5.03. The van der Waals surface area contributed by atoms with Crippen LogP contribution in [0.4, 0.5) is 30.7 Å². The molecule has 2 aliphatic heterocycles. The maximum Gasteiger partial charge on any atom is 0.416 e. The fourth-order valence-electron chi connectivity index (χ4n) is 5.98. The predicted molar refractivity (Wildman–Crippen MR) is 143 cm³/mol. The minimum Gasteiger partial charge on any atom is -0.387 e. The summed E-state index contributed by atoms with van der Waals surface area (Å²) in [5.74, 6) is -3.44. The van der Waals surface area contributed by atoms with Crippen LogP contribution in [0, 0.1) is 17.7 Å². The van der Waals surface area contributed by atoms with Crippen LogP contribution in [0.25, 0.3) is 0 Å². The number of halogens is 7. The first kappa shape index (κ1) is 33.2. The van der Waals surface area contributed by atoms with E-state index in [9.17, 15) is 45.1 Å². The third-order valence-electron chi connectivity index (χ3n) is 8.32. The molecule has 2 heterocycles. The smallest absolute Gasteiger partial charge is 0.387 e. The largest absolute Gasteiger partial charge is 0.416 e.